The van der Waals surface area contributed by atoms with Crippen LogP contribution in [0.15, 0.2) is 47.1 Å². The van der Waals surface area contributed by atoms with E-state index in [9.17, 15) is 14.0 Å². The Labute approximate surface area is 220 Å². The largest absolute Gasteiger partial charge is 0.467 e. The fourth-order valence-electron chi connectivity index (χ4n) is 4.82. The molecule has 1 aliphatic rings. The predicted molar refractivity (Wildman–Crippen MR) is 141 cm³/mol. The molecule has 2 aromatic rings. The third-order valence-electron chi connectivity index (χ3n) is 6.52. The molecular weight excluding hydrogens is 473 g/mol. The molecule has 0 saturated carbocycles. The second-order valence-electron chi connectivity index (χ2n) is 11.3. The third kappa shape index (κ3) is 10.3. The van der Waals surface area contributed by atoms with Gasteiger partial charge in [0.2, 0.25) is 11.8 Å². The van der Waals surface area contributed by atoms with Crippen LogP contribution in [0, 0.1) is 17.2 Å². The van der Waals surface area contributed by atoms with E-state index < -0.39 is 0 Å². The molecule has 37 heavy (non-hydrogen) atoms. The molecule has 0 spiro atoms. The third-order valence-corrected chi connectivity index (χ3v) is 6.52. The number of rotatable bonds is 12. The highest BCUT2D eigenvalue weighted by Gasteiger charge is 2.26. The van der Waals surface area contributed by atoms with E-state index in [-0.39, 0.29) is 42.1 Å². The summed E-state index contributed by atoms with van der Waals surface area (Å²) in [6, 6.07) is 9.73. The average Bonchev–Trinajstić information content (AvgIpc) is 3.35. The predicted octanol–water partition coefficient (Wildman–Crippen LogP) is 4.57. The Hall–Kier alpha value is -2.71. The summed E-state index contributed by atoms with van der Waals surface area (Å²) in [4.78, 5) is 32.7. The van der Waals surface area contributed by atoms with Gasteiger partial charge in [-0.25, -0.2) is 4.39 Å². The summed E-state index contributed by atoms with van der Waals surface area (Å²) in [5.74, 6) is 0.377. The topological polar surface area (TPSA) is 66.2 Å². The van der Waals surface area contributed by atoms with Crippen molar-refractivity contribution in [3.63, 3.8) is 0 Å². The maximum Gasteiger partial charge on any atom is 0.242 e. The fourth-order valence-corrected chi connectivity index (χ4v) is 4.82. The molecule has 0 N–H and O–H groups in total. The quantitative estimate of drug-likeness (QED) is 0.414. The molecule has 7 nitrogen and oxygen atoms in total. The number of ether oxygens (including phenoxy) is 1. The Morgan fingerprint density at radius 1 is 1.03 bits per heavy atom. The summed E-state index contributed by atoms with van der Waals surface area (Å²) in [5.41, 5.74) is 0.940. The Balaban J connectivity index is 1.72. The van der Waals surface area contributed by atoms with Crippen molar-refractivity contribution in [3.05, 3.63) is 59.8 Å². The van der Waals surface area contributed by atoms with Crippen molar-refractivity contribution in [1.82, 2.24) is 14.7 Å². The van der Waals surface area contributed by atoms with Crippen LogP contribution in [0.3, 0.4) is 0 Å². The van der Waals surface area contributed by atoms with Gasteiger partial charge in [-0.1, -0.05) is 39.8 Å². The first-order chi connectivity index (χ1) is 17.6. The molecule has 1 aliphatic heterocycles. The molecule has 1 saturated heterocycles. The summed E-state index contributed by atoms with van der Waals surface area (Å²) in [5, 5.41) is 0. The van der Waals surface area contributed by atoms with Crippen molar-refractivity contribution in [2.45, 2.75) is 53.6 Å². The van der Waals surface area contributed by atoms with Crippen molar-refractivity contribution in [1.29, 1.82) is 0 Å². The maximum atomic E-state index is 13.6. The van der Waals surface area contributed by atoms with Gasteiger partial charge in [0.15, 0.2) is 0 Å². The Morgan fingerprint density at radius 3 is 2.35 bits per heavy atom. The van der Waals surface area contributed by atoms with E-state index in [2.05, 4.69) is 32.6 Å². The number of morpholine rings is 1. The van der Waals surface area contributed by atoms with Gasteiger partial charge in [-0.2, -0.15) is 0 Å². The molecule has 2 heterocycles. The molecule has 1 fully saturated rings. The van der Waals surface area contributed by atoms with Crippen LogP contribution in [-0.4, -0.2) is 72.5 Å². The smallest absolute Gasteiger partial charge is 0.242 e. The summed E-state index contributed by atoms with van der Waals surface area (Å²) < 4.78 is 24.4. The van der Waals surface area contributed by atoms with Gasteiger partial charge >= 0.3 is 0 Å². The van der Waals surface area contributed by atoms with Crippen molar-refractivity contribution in [2.24, 2.45) is 11.3 Å². The van der Waals surface area contributed by atoms with E-state index in [1.54, 1.807) is 34.3 Å². The normalized spacial score (nSPS) is 15.4. The van der Waals surface area contributed by atoms with Gasteiger partial charge in [0.05, 0.1) is 32.6 Å². The van der Waals surface area contributed by atoms with Crippen LogP contribution in [-0.2, 0) is 27.4 Å². The first-order valence-corrected chi connectivity index (χ1v) is 13.2. The maximum absolute atomic E-state index is 13.6. The minimum Gasteiger partial charge on any atom is -0.467 e. The van der Waals surface area contributed by atoms with Crippen molar-refractivity contribution >= 4 is 11.8 Å². The molecule has 1 aromatic carbocycles. The summed E-state index contributed by atoms with van der Waals surface area (Å²) in [6.45, 7) is 13.4. The van der Waals surface area contributed by atoms with E-state index in [4.69, 9.17) is 9.15 Å². The second-order valence-corrected chi connectivity index (χ2v) is 11.3. The van der Waals surface area contributed by atoms with Gasteiger partial charge in [0.1, 0.15) is 11.6 Å². The SMILES string of the molecule is C[C@@H](CC(=O)N(CCN1CCOCC1)CC(=O)N(Cc1ccc(F)cc1)Cc1ccco1)CC(C)(C)C. The molecule has 1 atom stereocenters. The van der Waals surface area contributed by atoms with Crippen LogP contribution in [0.1, 0.15) is 51.9 Å². The number of hydrogen-bond acceptors (Lipinski definition) is 5. The molecule has 8 heteroatoms. The van der Waals surface area contributed by atoms with E-state index >= 15 is 0 Å². The lowest BCUT2D eigenvalue weighted by molar-refractivity contribution is -0.142. The van der Waals surface area contributed by atoms with E-state index in [1.165, 1.54) is 12.1 Å². The number of furan rings is 1. The highest BCUT2D eigenvalue weighted by atomic mass is 19.1. The highest BCUT2D eigenvalue weighted by Crippen LogP contribution is 2.26. The second kappa shape index (κ2) is 13.7. The number of carbonyl (C=O) groups is 2. The van der Waals surface area contributed by atoms with Crippen LogP contribution in [0.4, 0.5) is 4.39 Å². The van der Waals surface area contributed by atoms with Crippen LogP contribution in [0.2, 0.25) is 0 Å². The zero-order chi connectivity index (χ0) is 26.8. The first kappa shape index (κ1) is 28.9. The molecule has 0 radical (unpaired) electrons. The van der Waals surface area contributed by atoms with Gasteiger partial charge in [0, 0.05) is 39.1 Å². The Kier molecular flexibility index (Phi) is 10.7. The summed E-state index contributed by atoms with van der Waals surface area (Å²) in [7, 11) is 0. The highest BCUT2D eigenvalue weighted by molar-refractivity contribution is 5.85. The van der Waals surface area contributed by atoms with E-state index in [1.807, 2.05) is 6.07 Å². The molecule has 3 rings (SSSR count). The van der Waals surface area contributed by atoms with Gasteiger partial charge in [0.25, 0.3) is 0 Å². The van der Waals surface area contributed by atoms with Crippen LogP contribution < -0.4 is 0 Å². The lowest BCUT2D eigenvalue weighted by atomic mass is 9.84. The number of carbonyl (C=O) groups excluding carboxylic acids is 2. The van der Waals surface area contributed by atoms with Gasteiger partial charge in [-0.05, 0) is 47.6 Å². The minimum absolute atomic E-state index is 0.00177. The Morgan fingerprint density at radius 2 is 1.73 bits per heavy atom. The fraction of sp³-hybridized carbons (Fsp3) is 0.586. The number of benzene rings is 1. The number of halogens is 1. The summed E-state index contributed by atoms with van der Waals surface area (Å²) >= 11 is 0. The van der Waals surface area contributed by atoms with E-state index in [0.717, 1.165) is 25.1 Å². The van der Waals surface area contributed by atoms with Crippen LogP contribution in [0.25, 0.3) is 0 Å². The summed E-state index contributed by atoms with van der Waals surface area (Å²) in [6.07, 6.45) is 2.91. The molecule has 1 aromatic heterocycles. The lowest BCUT2D eigenvalue weighted by Crippen LogP contribution is -2.47. The zero-order valence-corrected chi connectivity index (χ0v) is 22.7. The number of amides is 2. The molecule has 0 bridgehead atoms. The van der Waals surface area contributed by atoms with Crippen molar-refractivity contribution in [2.75, 3.05) is 45.9 Å². The van der Waals surface area contributed by atoms with Gasteiger partial charge < -0.3 is 19.0 Å². The van der Waals surface area contributed by atoms with Gasteiger partial charge in [-0.3, -0.25) is 14.5 Å². The van der Waals surface area contributed by atoms with E-state index in [0.29, 0.717) is 45.0 Å². The van der Waals surface area contributed by atoms with Crippen molar-refractivity contribution in [3.8, 4) is 0 Å². The minimum atomic E-state index is -0.322. The Bertz CT molecular complexity index is 966. The first-order valence-electron chi connectivity index (χ1n) is 13.2. The molecule has 204 valence electrons. The molecular formula is C29H42FN3O4. The average molecular weight is 516 g/mol. The number of hydrogen-bond donors (Lipinski definition) is 0. The molecule has 0 aliphatic carbocycles. The zero-order valence-electron chi connectivity index (χ0n) is 22.7. The standard InChI is InChI=1S/C29H42FN3O4/c1-23(19-29(2,3)4)18-27(34)32(12-11-31-13-16-36-17-14-31)22-28(35)33(21-26-6-5-15-37-26)20-24-7-9-25(30)10-8-24/h5-10,15,23H,11-14,16-22H2,1-4H3/t23-/m0/s1. The monoisotopic (exact) mass is 515 g/mol. The lowest BCUT2D eigenvalue weighted by Gasteiger charge is -2.32. The molecule has 2 amide bonds. The van der Waals surface area contributed by atoms with Crippen LogP contribution >= 0.6 is 0 Å². The number of nitrogens with zero attached hydrogens (tertiary/aromatic N) is 3. The van der Waals surface area contributed by atoms with Crippen LogP contribution in [0.5, 0.6) is 0 Å². The van der Waals surface area contributed by atoms with Crippen molar-refractivity contribution < 1.29 is 23.1 Å². The molecule has 0 unspecified atom stereocenters. The van der Waals surface area contributed by atoms with Gasteiger partial charge in [-0.15, -0.1) is 0 Å².